The summed E-state index contributed by atoms with van der Waals surface area (Å²) in [5.41, 5.74) is 5.92. The van der Waals surface area contributed by atoms with Gasteiger partial charge in [-0.05, 0) is 19.1 Å². The number of hydrogen-bond acceptors (Lipinski definition) is 4. The van der Waals surface area contributed by atoms with E-state index >= 15 is 0 Å². The lowest BCUT2D eigenvalue weighted by Crippen LogP contribution is -2.13. The molecule has 0 aliphatic heterocycles. The second kappa shape index (κ2) is 5.39. The van der Waals surface area contributed by atoms with Gasteiger partial charge in [-0.1, -0.05) is 0 Å². The molecule has 0 saturated heterocycles. The van der Waals surface area contributed by atoms with Crippen LogP contribution in [0.15, 0.2) is 30.7 Å². The van der Waals surface area contributed by atoms with Crippen LogP contribution in [0, 0.1) is 0 Å². The fourth-order valence-corrected chi connectivity index (χ4v) is 1.44. The van der Waals surface area contributed by atoms with E-state index in [0.717, 1.165) is 16.8 Å². The Morgan fingerprint density at radius 1 is 1.44 bits per heavy atom. The molecule has 0 aliphatic carbocycles. The van der Waals surface area contributed by atoms with Crippen LogP contribution < -0.4 is 5.48 Å². The minimum absolute atomic E-state index is 0.620. The van der Waals surface area contributed by atoms with Crippen LogP contribution >= 0.6 is 0 Å². The van der Waals surface area contributed by atoms with Crippen molar-refractivity contribution in [1.82, 2.24) is 20.7 Å². The lowest BCUT2D eigenvalue weighted by Gasteiger charge is -2.04. The van der Waals surface area contributed by atoms with E-state index in [1.165, 1.54) is 0 Å². The summed E-state index contributed by atoms with van der Waals surface area (Å²) in [6.45, 7) is 3.19. The van der Waals surface area contributed by atoms with Gasteiger partial charge in [-0.3, -0.25) is 10.1 Å². The molecule has 5 nitrogen and oxygen atoms in total. The predicted molar refractivity (Wildman–Crippen MR) is 60.3 cm³/mol. The molecular formula is C11H14N4O. The molecule has 0 aliphatic rings. The van der Waals surface area contributed by atoms with Gasteiger partial charge in [-0.2, -0.15) is 10.6 Å². The Balaban J connectivity index is 2.13. The highest BCUT2D eigenvalue weighted by atomic mass is 16.6. The van der Waals surface area contributed by atoms with Gasteiger partial charge in [0.25, 0.3) is 0 Å². The average Bonchev–Trinajstić information content (AvgIpc) is 2.79. The zero-order valence-corrected chi connectivity index (χ0v) is 9.10. The lowest BCUT2D eigenvalue weighted by molar-refractivity contribution is 0.0464. The van der Waals surface area contributed by atoms with Crippen molar-refractivity contribution in [3.8, 4) is 11.3 Å². The highest BCUT2D eigenvalue weighted by Gasteiger charge is 2.06. The SMILES string of the molecule is CCONCc1cn[nH]c1-c1cccnc1. The van der Waals surface area contributed by atoms with Crippen LogP contribution in [0.2, 0.25) is 0 Å². The van der Waals surface area contributed by atoms with Crippen LogP contribution in [0.5, 0.6) is 0 Å². The molecule has 16 heavy (non-hydrogen) atoms. The molecule has 0 spiro atoms. The molecule has 0 bridgehead atoms. The second-order valence-electron chi connectivity index (χ2n) is 3.27. The monoisotopic (exact) mass is 218 g/mol. The van der Waals surface area contributed by atoms with Crippen LogP contribution in [-0.2, 0) is 11.4 Å². The number of H-pyrrole nitrogens is 1. The van der Waals surface area contributed by atoms with E-state index in [2.05, 4.69) is 20.7 Å². The predicted octanol–water partition coefficient (Wildman–Crippen LogP) is 1.51. The minimum atomic E-state index is 0.620. The summed E-state index contributed by atoms with van der Waals surface area (Å²) in [4.78, 5) is 9.17. The Kier molecular flexibility index (Phi) is 3.63. The summed E-state index contributed by atoms with van der Waals surface area (Å²) in [5, 5.41) is 6.99. The zero-order valence-electron chi connectivity index (χ0n) is 9.10. The van der Waals surface area contributed by atoms with Crippen LogP contribution in [0.3, 0.4) is 0 Å². The Labute approximate surface area is 93.8 Å². The second-order valence-corrected chi connectivity index (χ2v) is 3.27. The first-order valence-corrected chi connectivity index (χ1v) is 5.19. The number of aromatic amines is 1. The van der Waals surface area contributed by atoms with Crippen LogP contribution in [0.4, 0.5) is 0 Å². The van der Waals surface area contributed by atoms with E-state index in [9.17, 15) is 0 Å². The molecular weight excluding hydrogens is 204 g/mol. The maximum atomic E-state index is 5.09. The molecule has 0 radical (unpaired) electrons. The fourth-order valence-electron chi connectivity index (χ4n) is 1.44. The number of aromatic nitrogens is 3. The Morgan fingerprint density at radius 2 is 2.38 bits per heavy atom. The van der Waals surface area contributed by atoms with E-state index in [0.29, 0.717) is 13.2 Å². The minimum Gasteiger partial charge on any atom is -0.302 e. The third-order valence-corrected chi connectivity index (χ3v) is 2.18. The van der Waals surface area contributed by atoms with Crippen molar-refractivity contribution >= 4 is 0 Å². The van der Waals surface area contributed by atoms with Crippen molar-refractivity contribution in [2.24, 2.45) is 0 Å². The quantitative estimate of drug-likeness (QED) is 0.590. The first-order chi connectivity index (χ1) is 7.92. The first-order valence-electron chi connectivity index (χ1n) is 5.19. The Hall–Kier alpha value is -1.72. The van der Waals surface area contributed by atoms with Gasteiger partial charge in [0.05, 0.1) is 18.5 Å². The maximum Gasteiger partial charge on any atom is 0.0711 e. The largest absolute Gasteiger partial charge is 0.302 e. The van der Waals surface area contributed by atoms with Crippen LogP contribution in [-0.4, -0.2) is 21.8 Å². The Morgan fingerprint density at radius 3 is 3.12 bits per heavy atom. The summed E-state index contributed by atoms with van der Waals surface area (Å²) in [7, 11) is 0. The first kappa shape index (κ1) is 10.8. The van der Waals surface area contributed by atoms with Gasteiger partial charge in [0.1, 0.15) is 0 Å². The standard InChI is InChI=1S/C11H14N4O/c1-2-16-14-8-10-7-13-15-11(10)9-4-3-5-12-6-9/h3-7,14H,2,8H2,1H3,(H,13,15). The highest BCUT2D eigenvalue weighted by Crippen LogP contribution is 2.19. The summed E-state index contributed by atoms with van der Waals surface area (Å²) < 4.78 is 0. The van der Waals surface area contributed by atoms with Gasteiger partial charge in [0.2, 0.25) is 0 Å². The van der Waals surface area contributed by atoms with E-state index < -0.39 is 0 Å². The van der Waals surface area contributed by atoms with Gasteiger partial charge in [-0.15, -0.1) is 0 Å². The number of rotatable bonds is 5. The van der Waals surface area contributed by atoms with Crippen molar-refractivity contribution in [2.75, 3.05) is 6.61 Å². The normalized spacial score (nSPS) is 10.6. The molecule has 0 atom stereocenters. The molecule has 0 saturated carbocycles. The fraction of sp³-hybridized carbons (Fsp3) is 0.273. The molecule has 2 heterocycles. The molecule has 84 valence electrons. The summed E-state index contributed by atoms with van der Waals surface area (Å²) in [5.74, 6) is 0. The molecule has 2 aromatic rings. The van der Waals surface area contributed by atoms with Gasteiger partial charge < -0.3 is 4.84 Å². The van der Waals surface area contributed by atoms with Gasteiger partial charge in [0.15, 0.2) is 0 Å². The van der Waals surface area contributed by atoms with Crippen molar-refractivity contribution in [1.29, 1.82) is 0 Å². The zero-order chi connectivity index (χ0) is 11.2. The third kappa shape index (κ3) is 2.44. The maximum absolute atomic E-state index is 5.09. The molecule has 2 N–H and O–H groups in total. The molecule has 2 aromatic heterocycles. The van der Waals surface area contributed by atoms with Crippen LogP contribution in [0.1, 0.15) is 12.5 Å². The van der Waals surface area contributed by atoms with Gasteiger partial charge in [-0.25, -0.2) is 0 Å². The number of nitrogens with zero attached hydrogens (tertiary/aromatic N) is 2. The van der Waals surface area contributed by atoms with E-state index in [-0.39, 0.29) is 0 Å². The molecule has 0 amide bonds. The number of hydrogen-bond donors (Lipinski definition) is 2. The average molecular weight is 218 g/mol. The van der Waals surface area contributed by atoms with Crippen LogP contribution in [0.25, 0.3) is 11.3 Å². The molecule has 0 aromatic carbocycles. The van der Waals surface area contributed by atoms with E-state index in [1.807, 2.05) is 19.1 Å². The van der Waals surface area contributed by atoms with Crippen molar-refractivity contribution in [2.45, 2.75) is 13.5 Å². The lowest BCUT2D eigenvalue weighted by atomic mass is 10.1. The summed E-state index contributed by atoms with van der Waals surface area (Å²) in [6, 6.07) is 3.89. The molecule has 2 rings (SSSR count). The Bertz CT molecular complexity index is 427. The smallest absolute Gasteiger partial charge is 0.0711 e. The molecule has 0 unspecified atom stereocenters. The van der Waals surface area contributed by atoms with Gasteiger partial charge >= 0.3 is 0 Å². The summed E-state index contributed by atoms with van der Waals surface area (Å²) >= 11 is 0. The number of nitrogens with one attached hydrogen (secondary N) is 2. The molecule has 0 fully saturated rings. The van der Waals surface area contributed by atoms with Crippen molar-refractivity contribution < 1.29 is 4.84 Å². The number of hydroxylamine groups is 1. The molecule has 5 heteroatoms. The third-order valence-electron chi connectivity index (χ3n) is 2.18. The number of pyridine rings is 1. The summed E-state index contributed by atoms with van der Waals surface area (Å²) in [6.07, 6.45) is 5.34. The topological polar surface area (TPSA) is 62.8 Å². The van der Waals surface area contributed by atoms with Crippen molar-refractivity contribution in [3.63, 3.8) is 0 Å². The van der Waals surface area contributed by atoms with E-state index in [4.69, 9.17) is 4.84 Å². The highest BCUT2D eigenvalue weighted by molar-refractivity contribution is 5.61. The van der Waals surface area contributed by atoms with Crippen molar-refractivity contribution in [3.05, 3.63) is 36.3 Å². The van der Waals surface area contributed by atoms with Gasteiger partial charge in [0, 0.05) is 30.1 Å². The van der Waals surface area contributed by atoms with E-state index in [1.54, 1.807) is 18.6 Å².